The first-order chi connectivity index (χ1) is 10.3. The number of carbonyl (C=O) groups excluding carboxylic acids is 3. The Hall–Kier alpha value is -1.65. The molecule has 0 heterocycles. The fourth-order valence-electron chi connectivity index (χ4n) is 3.98. The summed E-state index contributed by atoms with van der Waals surface area (Å²) in [5, 5.41) is 0. The van der Waals surface area contributed by atoms with Crippen LogP contribution in [0.5, 0.6) is 0 Å². The summed E-state index contributed by atoms with van der Waals surface area (Å²) in [6, 6.07) is 0. The van der Waals surface area contributed by atoms with Crippen LogP contribution in [0, 0.1) is 16.7 Å². The second-order valence-electron chi connectivity index (χ2n) is 6.54. The summed E-state index contributed by atoms with van der Waals surface area (Å²) in [5.41, 5.74) is -0.989. The van der Waals surface area contributed by atoms with Crippen LogP contribution in [0.15, 0.2) is 11.6 Å². The minimum atomic E-state index is -1.24. The number of Topliss-reactive ketones (excluding diaryl/α,β-unsaturated/α-hetero) is 1. The Labute approximate surface area is 131 Å². The predicted octanol–water partition coefficient (Wildman–Crippen LogP) is 2.43. The molecule has 0 aromatic heterocycles. The zero-order valence-electron chi connectivity index (χ0n) is 13.7. The fraction of sp³-hybridized carbons (Fsp3) is 0.706. The Kier molecular flexibility index (Phi) is 4.45. The molecule has 0 N–H and O–H groups in total. The largest absolute Gasteiger partial charge is 0.469 e. The lowest BCUT2D eigenvalue weighted by Gasteiger charge is -2.50. The van der Waals surface area contributed by atoms with Gasteiger partial charge in [0.05, 0.1) is 19.1 Å². The van der Waals surface area contributed by atoms with Gasteiger partial charge < -0.3 is 9.47 Å². The molecule has 0 amide bonds. The number of ether oxygens (including phenoxy) is 2. The SMILES string of the molecule is CCOC(=O)[C@]12CC=C(C)C[C@@H]1[C@](C)(C(=O)OC)CCC2=O. The van der Waals surface area contributed by atoms with Crippen LogP contribution in [0.3, 0.4) is 0 Å². The van der Waals surface area contributed by atoms with Crippen molar-refractivity contribution < 1.29 is 23.9 Å². The highest BCUT2D eigenvalue weighted by atomic mass is 16.5. The zero-order valence-corrected chi connectivity index (χ0v) is 13.7. The Balaban J connectivity index is 2.56. The van der Waals surface area contributed by atoms with Gasteiger partial charge in [0.15, 0.2) is 5.78 Å². The van der Waals surface area contributed by atoms with Crippen molar-refractivity contribution in [2.45, 2.75) is 46.5 Å². The van der Waals surface area contributed by atoms with E-state index in [2.05, 4.69) is 0 Å². The van der Waals surface area contributed by atoms with E-state index in [0.717, 1.165) is 5.57 Å². The second kappa shape index (κ2) is 5.86. The van der Waals surface area contributed by atoms with Gasteiger partial charge in [-0.05, 0) is 40.0 Å². The minimum absolute atomic E-state index is 0.110. The number of ketones is 1. The molecule has 0 saturated heterocycles. The van der Waals surface area contributed by atoms with Crippen molar-refractivity contribution in [2.24, 2.45) is 16.7 Å². The molecule has 0 radical (unpaired) electrons. The summed E-state index contributed by atoms with van der Waals surface area (Å²) in [7, 11) is 1.35. The normalized spacial score (nSPS) is 34.5. The van der Waals surface area contributed by atoms with Crippen molar-refractivity contribution >= 4 is 17.7 Å². The van der Waals surface area contributed by atoms with Gasteiger partial charge in [0.2, 0.25) is 0 Å². The minimum Gasteiger partial charge on any atom is -0.469 e. The number of rotatable bonds is 3. The molecule has 2 aliphatic carbocycles. The molecule has 5 nitrogen and oxygen atoms in total. The van der Waals surface area contributed by atoms with Gasteiger partial charge in [-0.25, -0.2) is 0 Å². The van der Waals surface area contributed by atoms with E-state index in [0.29, 0.717) is 19.3 Å². The van der Waals surface area contributed by atoms with Gasteiger partial charge in [-0.3, -0.25) is 14.4 Å². The summed E-state index contributed by atoms with van der Waals surface area (Å²) in [5.74, 6) is -1.37. The first-order valence-electron chi connectivity index (χ1n) is 7.77. The van der Waals surface area contributed by atoms with E-state index in [1.165, 1.54) is 7.11 Å². The summed E-state index contributed by atoms with van der Waals surface area (Å²) in [4.78, 5) is 37.7. The average molecular weight is 308 g/mol. The number of esters is 2. The van der Waals surface area contributed by atoms with Gasteiger partial charge in [-0.2, -0.15) is 0 Å². The lowest BCUT2D eigenvalue weighted by Crippen LogP contribution is -2.59. The number of fused-ring (bicyclic) bond motifs is 1. The monoisotopic (exact) mass is 308 g/mol. The standard InChI is InChI=1S/C17H24O5/c1-5-22-15(20)17-9-6-11(2)10-12(17)16(3,14(19)21-4)8-7-13(17)18/h6,12H,5,7-10H2,1-4H3/t12-,16-,17-/m1/s1. The van der Waals surface area contributed by atoms with Crippen LogP contribution in [-0.4, -0.2) is 31.4 Å². The smallest absolute Gasteiger partial charge is 0.320 e. The summed E-state index contributed by atoms with van der Waals surface area (Å²) >= 11 is 0. The highest BCUT2D eigenvalue weighted by Crippen LogP contribution is 2.57. The van der Waals surface area contributed by atoms with Gasteiger partial charge in [0.25, 0.3) is 0 Å². The van der Waals surface area contributed by atoms with E-state index >= 15 is 0 Å². The molecular formula is C17H24O5. The van der Waals surface area contributed by atoms with Gasteiger partial charge in [0, 0.05) is 12.3 Å². The van der Waals surface area contributed by atoms with E-state index in [9.17, 15) is 14.4 Å². The molecule has 2 aliphatic rings. The third-order valence-corrected chi connectivity index (χ3v) is 5.32. The molecule has 1 fully saturated rings. The summed E-state index contributed by atoms with van der Waals surface area (Å²) in [6.45, 7) is 5.72. The molecule has 3 atom stereocenters. The van der Waals surface area contributed by atoms with Crippen LogP contribution < -0.4 is 0 Å². The number of carbonyl (C=O) groups is 3. The van der Waals surface area contributed by atoms with Crippen LogP contribution in [0.2, 0.25) is 0 Å². The molecule has 22 heavy (non-hydrogen) atoms. The third-order valence-electron chi connectivity index (χ3n) is 5.32. The van der Waals surface area contributed by atoms with Crippen molar-refractivity contribution in [3.8, 4) is 0 Å². The maximum atomic E-state index is 12.7. The summed E-state index contributed by atoms with van der Waals surface area (Å²) < 4.78 is 10.2. The molecule has 0 unspecified atom stereocenters. The Morgan fingerprint density at radius 2 is 2.05 bits per heavy atom. The molecule has 0 aromatic carbocycles. The highest BCUT2D eigenvalue weighted by molar-refractivity contribution is 6.06. The molecule has 1 saturated carbocycles. The Morgan fingerprint density at radius 1 is 1.36 bits per heavy atom. The van der Waals surface area contributed by atoms with E-state index in [-0.39, 0.29) is 24.8 Å². The van der Waals surface area contributed by atoms with Gasteiger partial charge in [-0.15, -0.1) is 0 Å². The van der Waals surface area contributed by atoms with Gasteiger partial charge >= 0.3 is 11.9 Å². The number of hydrogen-bond donors (Lipinski definition) is 0. The van der Waals surface area contributed by atoms with Crippen molar-refractivity contribution in [3.63, 3.8) is 0 Å². The average Bonchev–Trinajstić information content (AvgIpc) is 2.50. The van der Waals surface area contributed by atoms with Crippen molar-refractivity contribution in [2.75, 3.05) is 13.7 Å². The predicted molar refractivity (Wildman–Crippen MR) is 79.9 cm³/mol. The van der Waals surface area contributed by atoms with Crippen LogP contribution in [0.1, 0.15) is 46.5 Å². The van der Waals surface area contributed by atoms with E-state index in [4.69, 9.17) is 9.47 Å². The molecule has 0 aliphatic heterocycles. The van der Waals surface area contributed by atoms with Crippen molar-refractivity contribution in [1.29, 1.82) is 0 Å². The maximum Gasteiger partial charge on any atom is 0.320 e. The lowest BCUT2D eigenvalue weighted by atomic mass is 9.50. The maximum absolute atomic E-state index is 12.7. The lowest BCUT2D eigenvalue weighted by molar-refractivity contribution is -0.181. The molecular weight excluding hydrogens is 284 g/mol. The second-order valence-corrected chi connectivity index (χ2v) is 6.54. The number of methoxy groups -OCH3 is 1. The Morgan fingerprint density at radius 3 is 2.64 bits per heavy atom. The number of hydrogen-bond acceptors (Lipinski definition) is 5. The highest BCUT2D eigenvalue weighted by Gasteiger charge is 2.64. The molecule has 122 valence electrons. The Bertz CT molecular complexity index is 535. The molecule has 0 spiro atoms. The fourth-order valence-corrected chi connectivity index (χ4v) is 3.98. The molecule has 0 aromatic rings. The quantitative estimate of drug-likeness (QED) is 0.455. The van der Waals surface area contributed by atoms with Gasteiger partial charge in [0.1, 0.15) is 5.41 Å². The summed E-state index contributed by atoms with van der Waals surface area (Å²) in [6.07, 6.45) is 3.39. The van der Waals surface area contributed by atoms with Crippen LogP contribution >= 0.6 is 0 Å². The van der Waals surface area contributed by atoms with Crippen molar-refractivity contribution in [3.05, 3.63) is 11.6 Å². The first kappa shape index (κ1) is 16.7. The topological polar surface area (TPSA) is 69.7 Å². The third kappa shape index (κ3) is 2.27. The van der Waals surface area contributed by atoms with Crippen LogP contribution in [0.4, 0.5) is 0 Å². The first-order valence-corrected chi connectivity index (χ1v) is 7.77. The van der Waals surface area contributed by atoms with E-state index in [1.54, 1.807) is 6.92 Å². The van der Waals surface area contributed by atoms with Crippen molar-refractivity contribution in [1.82, 2.24) is 0 Å². The number of allylic oxidation sites excluding steroid dienone is 2. The van der Waals surface area contributed by atoms with E-state index in [1.807, 2.05) is 19.9 Å². The molecule has 2 rings (SSSR count). The molecule has 0 bridgehead atoms. The zero-order chi connectivity index (χ0) is 16.5. The van der Waals surface area contributed by atoms with Crippen LogP contribution in [0.25, 0.3) is 0 Å². The molecule has 5 heteroatoms. The van der Waals surface area contributed by atoms with Gasteiger partial charge in [-0.1, -0.05) is 11.6 Å². The van der Waals surface area contributed by atoms with E-state index < -0.39 is 22.7 Å². The van der Waals surface area contributed by atoms with Crippen LogP contribution in [-0.2, 0) is 23.9 Å².